The average Bonchev–Trinajstić information content (AvgIpc) is 2.60. The Morgan fingerprint density at radius 3 is 2.38 bits per heavy atom. The molecule has 0 saturated heterocycles. The molecule has 0 aliphatic rings. The van der Waals surface area contributed by atoms with Crippen LogP contribution in [0.2, 0.25) is 0 Å². The molecule has 1 heterocycles. The molecule has 16 heavy (non-hydrogen) atoms. The van der Waals surface area contributed by atoms with Gasteiger partial charge in [-0.25, -0.2) is 0 Å². The molecule has 1 aromatic heterocycles. The summed E-state index contributed by atoms with van der Waals surface area (Å²) in [5, 5.41) is 8.20. The Hall–Kier alpha value is -1.16. The smallest absolute Gasteiger partial charge is 0.133 e. The molecule has 0 unspecified atom stereocenters. The summed E-state index contributed by atoms with van der Waals surface area (Å²) in [4.78, 5) is 0. The molecule has 0 fully saturated rings. The second-order valence-corrected chi connectivity index (χ2v) is 4.76. The fourth-order valence-corrected chi connectivity index (χ4v) is 1.84. The van der Waals surface area contributed by atoms with Crippen molar-refractivity contribution in [3.05, 3.63) is 46.0 Å². The molecule has 1 aromatic carbocycles. The van der Waals surface area contributed by atoms with Gasteiger partial charge in [0.25, 0.3) is 0 Å². The van der Waals surface area contributed by atoms with Crippen molar-refractivity contribution < 1.29 is 0 Å². The summed E-state index contributed by atoms with van der Waals surface area (Å²) in [5.41, 5.74) is 1.32. The highest BCUT2D eigenvalue weighted by atomic mass is 79.9. The lowest BCUT2D eigenvalue weighted by atomic mass is 10.1. The van der Waals surface area contributed by atoms with Crippen molar-refractivity contribution >= 4 is 15.9 Å². The van der Waals surface area contributed by atoms with E-state index in [-0.39, 0.29) is 0 Å². The molecule has 0 atom stereocenters. The maximum absolute atomic E-state index is 4.15. The molecule has 84 valence electrons. The van der Waals surface area contributed by atoms with Gasteiger partial charge in [-0.3, -0.25) is 0 Å². The van der Waals surface area contributed by atoms with Crippen molar-refractivity contribution in [3.8, 4) is 0 Å². The third-order valence-corrected chi connectivity index (χ3v) is 3.26. The van der Waals surface area contributed by atoms with Gasteiger partial charge in [-0.2, -0.15) is 0 Å². The lowest BCUT2D eigenvalue weighted by Gasteiger charge is -2.02. The molecular weight excluding hydrogens is 266 g/mol. The Morgan fingerprint density at radius 2 is 1.81 bits per heavy atom. The first-order valence-corrected chi connectivity index (χ1v) is 6.05. The lowest BCUT2D eigenvalue weighted by Crippen LogP contribution is -2.01. The summed E-state index contributed by atoms with van der Waals surface area (Å²) in [5.74, 6) is 2.01. The summed E-state index contributed by atoms with van der Waals surface area (Å²) in [7, 11) is 2.01. The van der Waals surface area contributed by atoms with E-state index in [1.54, 1.807) is 0 Å². The number of hydrogen-bond acceptors (Lipinski definition) is 2. The number of nitrogens with zero attached hydrogens (tertiary/aromatic N) is 3. The number of hydrogen-bond donors (Lipinski definition) is 0. The quantitative estimate of drug-likeness (QED) is 0.865. The minimum Gasteiger partial charge on any atom is -0.318 e. The molecule has 2 rings (SSSR count). The number of halogens is 1. The standard InChI is InChI=1S/C12H14BrN3/c1-9-14-15-12(16(9)2)8-5-10-3-6-11(13)7-4-10/h3-4,6-7H,5,8H2,1-2H3. The fraction of sp³-hybridized carbons (Fsp3) is 0.333. The second kappa shape index (κ2) is 4.78. The van der Waals surface area contributed by atoms with Crippen LogP contribution in [0.1, 0.15) is 17.2 Å². The molecule has 0 spiro atoms. The van der Waals surface area contributed by atoms with Crippen molar-refractivity contribution in [1.29, 1.82) is 0 Å². The first-order chi connectivity index (χ1) is 7.66. The minimum absolute atomic E-state index is 0.930. The summed E-state index contributed by atoms with van der Waals surface area (Å²) in [6, 6.07) is 8.40. The van der Waals surface area contributed by atoms with Crippen LogP contribution < -0.4 is 0 Å². The van der Waals surface area contributed by atoms with E-state index in [4.69, 9.17) is 0 Å². The zero-order valence-corrected chi connectivity index (χ0v) is 11.0. The number of rotatable bonds is 3. The largest absolute Gasteiger partial charge is 0.318 e. The van der Waals surface area contributed by atoms with Crippen LogP contribution in [0.3, 0.4) is 0 Å². The molecule has 0 aliphatic heterocycles. The van der Waals surface area contributed by atoms with Crippen molar-refractivity contribution in [3.63, 3.8) is 0 Å². The van der Waals surface area contributed by atoms with Gasteiger partial charge in [-0.15, -0.1) is 10.2 Å². The molecule has 3 nitrogen and oxygen atoms in total. The second-order valence-electron chi connectivity index (χ2n) is 3.85. The number of aryl methyl sites for hydroxylation is 3. The van der Waals surface area contributed by atoms with Crippen molar-refractivity contribution in [1.82, 2.24) is 14.8 Å². The van der Waals surface area contributed by atoms with Crippen molar-refractivity contribution in [2.75, 3.05) is 0 Å². The van der Waals surface area contributed by atoms with E-state index >= 15 is 0 Å². The zero-order valence-electron chi connectivity index (χ0n) is 9.44. The van der Waals surface area contributed by atoms with Crippen LogP contribution in [-0.2, 0) is 19.9 Å². The van der Waals surface area contributed by atoms with Crippen LogP contribution in [0.25, 0.3) is 0 Å². The normalized spacial score (nSPS) is 10.7. The van der Waals surface area contributed by atoms with Crippen LogP contribution in [0.4, 0.5) is 0 Å². The van der Waals surface area contributed by atoms with Gasteiger partial charge in [0.05, 0.1) is 0 Å². The van der Waals surface area contributed by atoms with E-state index in [0.717, 1.165) is 29.0 Å². The zero-order chi connectivity index (χ0) is 11.5. The minimum atomic E-state index is 0.930. The average molecular weight is 280 g/mol. The van der Waals surface area contributed by atoms with E-state index < -0.39 is 0 Å². The van der Waals surface area contributed by atoms with Crippen LogP contribution in [0.5, 0.6) is 0 Å². The monoisotopic (exact) mass is 279 g/mol. The molecular formula is C12H14BrN3. The van der Waals surface area contributed by atoms with E-state index in [1.807, 2.05) is 18.5 Å². The molecule has 0 bridgehead atoms. The first-order valence-electron chi connectivity index (χ1n) is 5.26. The van der Waals surface area contributed by atoms with Crippen molar-refractivity contribution in [2.24, 2.45) is 7.05 Å². The molecule has 0 radical (unpaired) electrons. The number of aromatic nitrogens is 3. The summed E-state index contributed by atoms with van der Waals surface area (Å²) >= 11 is 3.43. The van der Waals surface area contributed by atoms with Gasteiger partial charge in [0, 0.05) is 17.9 Å². The van der Waals surface area contributed by atoms with Gasteiger partial charge in [-0.1, -0.05) is 28.1 Å². The van der Waals surface area contributed by atoms with Gasteiger partial charge in [0.1, 0.15) is 11.6 Å². The Balaban J connectivity index is 2.02. The van der Waals surface area contributed by atoms with Crippen LogP contribution in [0, 0.1) is 6.92 Å². The van der Waals surface area contributed by atoms with E-state index in [9.17, 15) is 0 Å². The predicted octanol–water partition coefficient (Wildman–Crippen LogP) is 2.67. The van der Waals surface area contributed by atoms with Gasteiger partial charge in [0.2, 0.25) is 0 Å². The Kier molecular flexibility index (Phi) is 3.39. The molecule has 0 saturated carbocycles. The molecule has 0 amide bonds. The van der Waals surface area contributed by atoms with E-state index in [0.29, 0.717) is 0 Å². The third-order valence-electron chi connectivity index (χ3n) is 2.73. The Labute approximate surface area is 104 Å². The summed E-state index contributed by atoms with van der Waals surface area (Å²) in [6.07, 6.45) is 1.93. The maximum Gasteiger partial charge on any atom is 0.133 e. The first kappa shape index (κ1) is 11.3. The molecule has 4 heteroatoms. The lowest BCUT2D eigenvalue weighted by molar-refractivity contribution is 0.755. The van der Waals surface area contributed by atoms with E-state index in [1.165, 1.54) is 5.56 Å². The van der Waals surface area contributed by atoms with Gasteiger partial charge >= 0.3 is 0 Å². The Bertz CT molecular complexity index is 474. The van der Waals surface area contributed by atoms with Crippen molar-refractivity contribution in [2.45, 2.75) is 19.8 Å². The van der Waals surface area contributed by atoms with Crippen LogP contribution >= 0.6 is 15.9 Å². The SMILES string of the molecule is Cc1nnc(CCc2ccc(Br)cc2)n1C. The fourth-order valence-electron chi connectivity index (χ4n) is 1.58. The molecule has 0 aliphatic carbocycles. The highest BCUT2D eigenvalue weighted by molar-refractivity contribution is 9.10. The summed E-state index contributed by atoms with van der Waals surface area (Å²) < 4.78 is 3.16. The topological polar surface area (TPSA) is 30.7 Å². The molecule has 0 N–H and O–H groups in total. The van der Waals surface area contributed by atoms with E-state index in [2.05, 4.69) is 50.4 Å². The van der Waals surface area contributed by atoms with Crippen LogP contribution in [-0.4, -0.2) is 14.8 Å². The highest BCUT2D eigenvalue weighted by Gasteiger charge is 2.04. The molecule has 2 aromatic rings. The predicted molar refractivity (Wildman–Crippen MR) is 67.3 cm³/mol. The highest BCUT2D eigenvalue weighted by Crippen LogP contribution is 2.12. The summed E-state index contributed by atoms with van der Waals surface area (Å²) in [6.45, 7) is 1.97. The van der Waals surface area contributed by atoms with Gasteiger partial charge in [0.15, 0.2) is 0 Å². The Morgan fingerprint density at radius 1 is 1.12 bits per heavy atom. The third kappa shape index (κ3) is 2.50. The maximum atomic E-state index is 4.15. The van der Waals surface area contributed by atoms with Gasteiger partial charge < -0.3 is 4.57 Å². The van der Waals surface area contributed by atoms with Gasteiger partial charge in [-0.05, 0) is 31.0 Å². The van der Waals surface area contributed by atoms with Crippen LogP contribution in [0.15, 0.2) is 28.7 Å². The number of benzene rings is 1.